The van der Waals surface area contributed by atoms with E-state index in [1.165, 1.54) is 22.3 Å². The molecule has 4 aliphatic rings. The highest BCUT2D eigenvalue weighted by Crippen LogP contribution is 2.64. The predicted molar refractivity (Wildman–Crippen MR) is 112 cm³/mol. The number of nitrogens with two attached hydrogens (primary N) is 2. The Labute approximate surface area is 172 Å². The molecule has 29 heavy (non-hydrogen) atoms. The van der Waals surface area contributed by atoms with Crippen LogP contribution in [-0.2, 0) is 4.79 Å². The van der Waals surface area contributed by atoms with Gasteiger partial charge in [-0.2, -0.15) is 0 Å². The number of hydrogen-bond donors (Lipinski definition) is 3. The summed E-state index contributed by atoms with van der Waals surface area (Å²) in [6, 6.07) is 8.23. The van der Waals surface area contributed by atoms with Crippen LogP contribution in [0.1, 0.15) is 63.4 Å². The number of anilines is 1. The fourth-order valence-corrected chi connectivity index (χ4v) is 6.93. The maximum absolute atomic E-state index is 12.1. The molecule has 0 aliphatic heterocycles. The fraction of sp³-hybridized carbons (Fsp3) is 0.542. The molecular formula is C24H30N4O. The van der Waals surface area contributed by atoms with Crippen molar-refractivity contribution in [2.24, 2.45) is 23.0 Å². The molecule has 2 saturated carbocycles. The van der Waals surface area contributed by atoms with Crippen LogP contribution in [0.15, 0.2) is 47.1 Å². The molecule has 0 aromatic heterocycles. The van der Waals surface area contributed by atoms with Gasteiger partial charge in [-0.15, -0.1) is 0 Å². The van der Waals surface area contributed by atoms with Crippen LogP contribution >= 0.6 is 0 Å². The van der Waals surface area contributed by atoms with Crippen molar-refractivity contribution in [3.05, 3.63) is 58.2 Å². The number of nitrogen functional groups attached to an aromatic ring is 1. The Morgan fingerprint density at radius 2 is 1.90 bits per heavy atom. The van der Waals surface area contributed by atoms with Crippen LogP contribution < -0.4 is 16.6 Å². The summed E-state index contributed by atoms with van der Waals surface area (Å²) in [5.74, 6) is 1.40. The number of rotatable bonds is 2. The zero-order valence-electron chi connectivity index (χ0n) is 17.1. The van der Waals surface area contributed by atoms with Crippen LogP contribution in [0.5, 0.6) is 0 Å². The SMILES string of the molecule is C[C@]12C[C@H](c3ccc(N)cc3)C3=C4CCC(=O)C=C4CCC3C1CC[C@@]2(N)[NH+]=[N-]. The summed E-state index contributed by atoms with van der Waals surface area (Å²) in [6.45, 7) is 2.26. The van der Waals surface area contributed by atoms with Gasteiger partial charge in [0.05, 0.1) is 5.41 Å². The molecule has 1 aromatic carbocycles. The van der Waals surface area contributed by atoms with Gasteiger partial charge in [0.1, 0.15) is 0 Å². The molecule has 0 spiro atoms. The van der Waals surface area contributed by atoms with Gasteiger partial charge >= 0.3 is 0 Å². The molecule has 0 heterocycles. The van der Waals surface area contributed by atoms with Crippen LogP contribution in [0.4, 0.5) is 5.69 Å². The summed E-state index contributed by atoms with van der Waals surface area (Å²) in [5, 5.41) is 2.50. The molecule has 2 fully saturated rings. The molecule has 5 N–H and O–H groups in total. The normalized spacial score (nSPS) is 38.8. The summed E-state index contributed by atoms with van der Waals surface area (Å²) in [7, 11) is 0. The van der Waals surface area contributed by atoms with E-state index in [0.717, 1.165) is 44.2 Å². The van der Waals surface area contributed by atoms with Crippen LogP contribution in [0.25, 0.3) is 5.53 Å². The van der Waals surface area contributed by atoms with E-state index in [1.54, 1.807) is 0 Å². The Bertz CT molecular complexity index is 946. The van der Waals surface area contributed by atoms with Gasteiger partial charge in [-0.1, -0.05) is 24.6 Å². The van der Waals surface area contributed by atoms with E-state index in [1.807, 2.05) is 18.2 Å². The average Bonchev–Trinajstić information content (AvgIpc) is 2.99. The number of benzene rings is 1. The van der Waals surface area contributed by atoms with Crippen molar-refractivity contribution in [3.8, 4) is 0 Å². The highest BCUT2D eigenvalue weighted by atomic mass is 16.1. The number of allylic oxidation sites excluding steroid dienone is 4. The van der Waals surface area contributed by atoms with Gasteiger partial charge in [0.25, 0.3) is 0 Å². The van der Waals surface area contributed by atoms with E-state index in [4.69, 9.17) is 11.5 Å². The largest absolute Gasteiger partial charge is 0.507 e. The van der Waals surface area contributed by atoms with Crippen molar-refractivity contribution in [1.29, 1.82) is 0 Å². The zero-order chi connectivity index (χ0) is 20.4. The number of nitrogens with zero attached hydrogens (tertiary/aromatic N) is 1. The van der Waals surface area contributed by atoms with E-state index in [9.17, 15) is 10.3 Å². The predicted octanol–water partition coefficient (Wildman–Crippen LogP) is 2.93. The third kappa shape index (κ3) is 2.59. The lowest BCUT2D eigenvalue weighted by Gasteiger charge is -2.52. The lowest BCUT2D eigenvalue weighted by atomic mass is 9.52. The fourth-order valence-electron chi connectivity index (χ4n) is 6.93. The molecule has 0 radical (unpaired) electrons. The molecule has 0 bridgehead atoms. The monoisotopic (exact) mass is 390 g/mol. The van der Waals surface area contributed by atoms with Crippen LogP contribution in [0.3, 0.4) is 0 Å². The number of nitrogens with one attached hydrogen (secondary N) is 1. The summed E-state index contributed by atoms with van der Waals surface area (Å²) in [6.07, 6.45) is 8.09. The van der Waals surface area contributed by atoms with Crippen molar-refractivity contribution in [1.82, 2.24) is 0 Å². The van der Waals surface area contributed by atoms with E-state index in [2.05, 4.69) is 24.2 Å². The minimum absolute atomic E-state index is 0.200. The summed E-state index contributed by atoms with van der Waals surface area (Å²) in [4.78, 5) is 12.1. The number of carbonyl (C=O) groups excluding carboxylic acids is 1. The highest BCUT2D eigenvalue weighted by Gasteiger charge is 2.64. The van der Waals surface area contributed by atoms with E-state index in [-0.39, 0.29) is 17.1 Å². The molecule has 0 amide bonds. The number of hydrogen-bond acceptors (Lipinski definition) is 3. The maximum Gasteiger partial charge on any atom is 0.207 e. The first kappa shape index (κ1) is 18.7. The van der Waals surface area contributed by atoms with Gasteiger partial charge in [-0.05, 0) is 78.9 Å². The molecular weight excluding hydrogens is 360 g/mol. The molecule has 4 aliphatic carbocycles. The van der Waals surface area contributed by atoms with Gasteiger partial charge in [0, 0.05) is 24.4 Å². The maximum atomic E-state index is 12.1. The van der Waals surface area contributed by atoms with Gasteiger partial charge in [-0.3, -0.25) is 10.5 Å². The third-order valence-electron chi connectivity index (χ3n) is 8.53. The first-order chi connectivity index (χ1) is 13.9. The van der Waals surface area contributed by atoms with Crippen LogP contribution in [0, 0.1) is 17.3 Å². The van der Waals surface area contributed by atoms with Crippen molar-refractivity contribution in [2.45, 2.75) is 63.5 Å². The Hall–Kier alpha value is -2.27. The molecule has 5 atom stereocenters. The van der Waals surface area contributed by atoms with Crippen molar-refractivity contribution < 1.29 is 9.91 Å². The van der Waals surface area contributed by atoms with Gasteiger partial charge in [0.15, 0.2) is 5.78 Å². The first-order valence-corrected chi connectivity index (χ1v) is 10.9. The Morgan fingerprint density at radius 1 is 1.14 bits per heavy atom. The molecule has 1 aromatic rings. The topological polar surface area (TPSA) is 105 Å². The third-order valence-corrected chi connectivity index (χ3v) is 8.53. The second-order valence-corrected chi connectivity index (χ2v) is 9.78. The standard InChI is InChI=1S/C24H30N4O/c1-23-13-20(14-2-5-16(25)6-3-14)22-18-9-7-17(29)12-15(18)4-8-19(22)21(23)10-11-24(23,26)28-27/h2-3,5-6,12,19-21,28H,4,7-11,13,25-26H2,1H3/t19?,20-,21?,23+,24-/m1/s1. The van der Waals surface area contributed by atoms with E-state index >= 15 is 0 Å². The van der Waals surface area contributed by atoms with Gasteiger partial charge in [0.2, 0.25) is 5.66 Å². The van der Waals surface area contributed by atoms with E-state index < -0.39 is 5.66 Å². The van der Waals surface area contributed by atoms with Crippen molar-refractivity contribution in [3.63, 3.8) is 0 Å². The number of fused-ring (bicyclic) bond motifs is 4. The quantitative estimate of drug-likeness (QED) is 0.411. The lowest BCUT2D eigenvalue weighted by molar-refractivity contribution is -0.595. The van der Waals surface area contributed by atoms with Crippen LogP contribution in [0.2, 0.25) is 0 Å². The second kappa shape index (κ2) is 6.36. The Kier molecular flexibility index (Phi) is 4.11. The second-order valence-electron chi connectivity index (χ2n) is 9.78. The zero-order valence-corrected chi connectivity index (χ0v) is 17.1. The van der Waals surface area contributed by atoms with Gasteiger partial charge in [-0.25, -0.2) is 0 Å². The minimum atomic E-state index is -0.765. The highest BCUT2D eigenvalue weighted by molar-refractivity contribution is 5.93. The Balaban J connectivity index is 1.70. The van der Waals surface area contributed by atoms with Crippen molar-refractivity contribution in [2.75, 3.05) is 5.73 Å². The summed E-state index contributed by atoms with van der Waals surface area (Å²) >= 11 is 0. The first-order valence-electron chi connectivity index (χ1n) is 10.9. The lowest BCUT2D eigenvalue weighted by Crippen LogP contribution is -2.90. The van der Waals surface area contributed by atoms with Crippen LogP contribution in [-0.4, -0.2) is 11.4 Å². The number of ketones is 1. The van der Waals surface area contributed by atoms with E-state index in [0.29, 0.717) is 18.3 Å². The molecule has 5 rings (SSSR count). The molecule has 0 saturated heterocycles. The molecule has 2 unspecified atom stereocenters. The minimum Gasteiger partial charge on any atom is -0.507 e. The molecule has 5 nitrogen and oxygen atoms in total. The smallest absolute Gasteiger partial charge is 0.207 e. The summed E-state index contributed by atoms with van der Waals surface area (Å²) < 4.78 is 0. The van der Waals surface area contributed by atoms with Gasteiger partial charge < -0.3 is 16.4 Å². The number of carbonyl (C=O) groups is 1. The molecule has 5 heteroatoms. The Morgan fingerprint density at radius 3 is 2.62 bits per heavy atom. The van der Waals surface area contributed by atoms with Crippen molar-refractivity contribution >= 4 is 11.5 Å². The summed E-state index contributed by atoms with van der Waals surface area (Å²) in [5.41, 5.74) is 28.0. The molecule has 152 valence electrons. The average molecular weight is 391 g/mol.